The molecule has 1 rings (SSSR count). The SMILES string of the molecule is CCN(CC(C)(C)C)C(=O)c1cnc(C(N)=O)cn1. The lowest BCUT2D eigenvalue weighted by atomic mass is 9.96. The quantitative estimate of drug-likeness (QED) is 0.881. The summed E-state index contributed by atoms with van der Waals surface area (Å²) in [5, 5.41) is 0. The summed E-state index contributed by atoms with van der Waals surface area (Å²) in [6.45, 7) is 9.31. The maximum atomic E-state index is 12.2. The van der Waals surface area contributed by atoms with Crippen LogP contribution in [0.15, 0.2) is 12.4 Å². The number of primary amides is 1. The fourth-order valence-electron chi connectivity index (χ4n) is 1.63. The zero-order valence-electron chi connectivity index (χ0n) is 11.8. The van der Waals surface area contributed by atoms with Gasteiger partial charge in [0.1, 0.15) is 11.4 Å². The van der Waals surface area contributed by atoms with E-state index >= 15 is 0 Å². The number of nitrogens with zero attached hydrogens (tertiary/aromatic N) is 3. The Hall–Kier alpha value is -1.98. The summed E-state index contributed by atoms with van der Waals surface area (Å²) >= 11 is 0. The van der Waals surface area contributed by atoms with E-state index in [9.17, 15) is 9.59 Å². The lowest BCUT2D eigenvalue weighted by Crippen LogP contribution is -2.38. The third kappa shape index (κ3) is 4.31. The van der Waals surface area contributed by atoms with E-state index in [4.69, 9.17) is 5.73 Å². The average Bonchev–Trinajstić information content (AvgIpc) is 2.34. The van der Waals surface area contributed by atoms with Crippen molar-refractivity contribution in [2.24, 2.45) is 11.1 Å². The molecule has 0 aliphatic heterocycles. The highest BCUT2D eigenvalue weighted by atomic mass is 16.2. The molecular formula is C13H20N4O2. The lowest BCUT2D eigenvalue weighted by Gasteiger charge is -2.28. The van der Waals surface area contributed by atoms with Gasteiger partial charge in [-0.1, -0.05) is 20.8 Å². The first-order valence-electron chi connectivity index (χ1n) is 6.15. The van der Waals surface area contributed by atoms with E-state index < -0.39 is 5.91 Å². The minimum Gasteiger partial charge on any atom is -0.364 e. The molecule has 0 bridgehead atoms. The Bertz CT molecular complexity index is 463. The number of carbonyl (C=O) groups excluding carboxylic acids is 2. The Morgan fingerprint density at radius 2 is 1.74 bits per heavy atom. The number of carbonyl (C=O) groups is 2. The maximum absolute atomic E-state index is 12.2. The first kappa shape index (κ1) is 15.1. The molecule has 0 radical (unpaired) electrons. The van der Waals surface area contributed by atoms with E-state index in [1.807, 2.05) is 6.92 Å². The van der Waals surface area contributed by atoms with Gasteiger partial charge in [-0.3, -0.25) is 9.59 Å². The van der Waals surface area contributed by atoms with Crippen molar-refractivity contribution in [3.63, 3.8) is 0 Å². The highest BCUT2D eigenvalue weighted by molar-refractivity contribution is 5.93. The van der Waals surface area contributed by atoms with Crippen LogP contribution in [0.1, 0.15) is 48.7 Å². The normalized spacial score (nSPS) is 11.2. The van der Waals surface area contributed by atoms with Gasteiger partial charge < -0.3 is 10.6 Å². The largest absolute Gasteiger partial charge is 0.364 e. The Morgan fingerprint density at radius 1 is 1.21 bits per heavy atom. The molecule has 6 heteroatoms. The second kappa shape index (κ2) is 5.77. The Balaban J connectivity index is 2.88. The van der Waals surface area contributed by atoms with Crippen LogP contribution in [0.3, 0.4) is 0 Å². The van der Waals surface area contributed by atoms with Gasteiger partial charge in [0.25, 0.3) is 11.8 Å². The van der Waals surface area contributed by atoms with Crippen LogP contribution in [0.4, 0.5) is 0 Å². The van der Waals surface area contributed by atoms with Crippen LogP contribution in [0.2, 0.25) is 0 Å². The smallest absolute Gasteiger partial charge is 0.274 e. The van der Waals surface area contributed by atoms with Crippen molar-refractivity contribution in [3.05, 3.63) is 23.8 Å². The minimum atomic E-state index is -0.659. The zero-order chi connectivity index (χ0) is 14.6. The van der Waals surface area contributed by atoms with Crippen LogP contribution in [0.25, 0.3) is 0 Å². The number of amides is 2. The van der Waals surface area contributed by atoms with Gasteiger partial charge in [0.15, 0.2) is 0 Å². The van der Waals surface area contributed by atoms with E-state index in [0.29, 0.717) is 13.1 Å². The number of aromatic nitrogens is 2. The molecule has 1 aromatic heterocycles. The molecule has 0 spiro atoms. The van der Waals surface area contributed by atoms with Crippen LogP contribution in [0.5, 0.6) is 0 Å². The Morgan fingerprint density at radius 3 is 2.11 bits per heavy atom. The van der Waals surface area contributed by atoms with Crippen molar-refractivity contribution in [1.29, 1.82) is 0 Å². The van der Waals surface area contributed by atoms with Crippen molar-refractivity contribution in [1.82, 2.24) is 14.9 Å². The average molecular weight is 264 g/mol. The molecule has 104 valence electrons. The predicted molar refractivity (Wildman–Crippen MR) is 71.6 cm³/mol. The van der Waals surface area contributed by atoms with Gasteiger partial charge in [0.05, 0.1) is 12.4 Å². The summed E-state index contributed by atoms with van der Waals surface area (Å²) in [6, 6.07) is 0. The molecular weight excluding hydrogens is 244 g/mol. The van der Waals surface area contributed by atoms with Gasteiger partial charge in [-0.2, -0.15) is 0 Å². The van der Waals surface area contributed by atoms with Crippen molar-refractivity contribution >= 4 is 11.8 Å². The Kier molecular flexibility index (Phi) is 4.58. The predicted octanol–water partition coefficient (Wildman–Crippen LogP) is 1.08. The summed E-state index contributed by atoms with van der Waals surface area (Å²) in [5.74, 6) is -0.852. The van der Waals surface area contributed by atoms with Gasteiger partial charge >= 0.3 is 0 Å². The van der Waals surface area contributed by atoms with Crippen LogP contribution in [-0.2, 0) is 0 Å². The highest BCUT2D eigenvalue weighted by Gasteiger charge is 2.22. The lowest BCUT2D eigenvalue weighted by molar-refractivity contribution is 0.0699. The highest BCUT2D eigenvalue weighted by Crippen LogP contribution is 2.16. The van der Waals surface area contributed by atoms with Crippen molar-refractivity contribution in [3.8, 4) is 0 Å². The number of hydrogen-bond acceptors (Lipinski definition) is 4. The second-order valence-electron chi connectivity index (χ2n) is 5.53. The van der Waals surface area contributed by atoms with E-state index in [0.717, 1.165) is 0 Å². The van der Waals surface area contributed by atoms with Gasteiger partial charge in [-0.05, 0) is 12.3 Å². The molecule has 0 atom stereocenters. The van der Waals surface area contributed by atoms with Gasteiger partial charge in [-0.25, -0.2) is 9.97 Å². The van der Waals surface area contributed by atoms with Crippen molar-refractivity contribution < 1.29 is 9.59 Å². The number of rotatable bonds is 4. The maximum Gasteiger partial charge on any atom is 0.274 e. The van der Waals surface area contributed by atoms with E-state index in [2.05, 4.69) is 30.7 Å². The Labute approximate surface area is 113 Å². The fraction of sp³-hybridized carbons (Fsp3) is 0.538. The molecule has 0 aliphatic rings. The molecule has 0 unspecified atom stereocenters. The molecule has 1 heterocycles. The summed E-state index contributed by atoms with van der Waals surface area (Å²) < 4.78 is 0. The topological polar surface area (TPSA) is 89.2 Å². The first-order chi connectivity index (χ1) is 8.74. The molecule has 1 aromatic rings. The zero-order valence-corrected chi connectivity index (χ0v) is 11.8. The van der Waals surface area contributed by atoms with Gasteiger partial charge in [0, 0.05) is 13.1 Å². The van der Waals surface area contributed by atoms with Crippen molar-refractivity contribution in [2.45, 2.75) is 27.7 Å². The summed E-state index contributed by atoms with van der Waals surface area (Å²) in [4.78, 5) is 32.6. The molecule has 0 saturated heterocycles. The van der Waals surface area contributed by atoms with Crippen LogP contribution < -0.4 is 5.73 Å². The molecule has 19 heavy (non-hydrogen) atoms. The summed E-state index contributed by atoms with van der Waals surface area (Å²) in [7, 11) is 0. The summed E-state index contributed by atoms with van der Waals surface area (Å²) in [6.07, 6.45) is 2.51. The molecule has 6 nitrogen and oxygen atoms in total. The molecule has 0 aliphatic carbocycles. The second-order valence-corrected chi connectivity index (χ2v) is 5.53. The van der Waals surface area contributed by atoms with Crippen LogP contribution in [-0.4, -0.2) is 39.8 Å². The summed E-state index contributed by atoms with van der Waals surface area (Å²) in [5.41, 5.74) is 5.35. The third-order valence-electron chi connectivity index (χ3n) is 2.46. The first-order valence-corrected chi connectivity index (χ1v) is 6.15. The standard InChI is InChI=1S/C13H20N4O2/c1-5-17(8-13(2,3)4)12(19)10-7-15-9(6-16-10)11(14)18/h6-7H,5,8H2,1-4H3,(H2,14,18). The number of nitrogens with two attached hydrogens (primary N) is 1. The molecule has 0 aromatic carbocycles. The van der Waals surface area contributed by atoms with Crippen molar-refractivity contribution in [2.75, 3.05) is 13.1 Å². The van der Waals surface area contributed by atoms with Gasteiger partial charge in [0.2, 0.25) is 0 Å². The fourth-order valence-corrected chi connectivity index (χ4v) is 1.63. The van der Waals surface area contributed by atoms with E-state index in [1.165, 1.54) is 12.4 Å². The molecule has 0 saturated carbocycles. The van der Waals surface area contributed by atoms with Gasteiger partial charge in [-0.15, -0.1) is 0 Å². The molecule has 0 fully saturated rings. The van der Waals surface area contributed by atoms with Crippen LogP contribution >= 0.6 is 0 Å². The number of hydrogen-bond donors (Lipinski definition) is 1. The molecule has 2 amide bonds. The van der Waals surface area contributed by atoms with E-state index in [1.54, 1.807) is 4.90 Å². The van der Waals surface area contributed by atoms with Crippen LogP contribution in [0, 0.1) is 5.41 Å². The minimum absolute atomic E-state index is 0.00621. The monoisotopic (exact) mass is 264 g/mol. The molecule has 2 N–H and O–H groups in total. The van der Waals surface area contributed by atoms with E-state index in [-0.39, 0.29) is 22.7 Å². The third-order valence-corrected chi connectivity index (χ3v) is 2.46.